The Morgan fingerprint density at radius 2 is 2.40 bits per heavy atom. The van der Waals surface area contributed by atoms with E-state index in [1.54, 1.807) is 6.20 Å². The van der Waals surface area contributed by atoms with Crippen LogP contribution in [0.15, 0.2) is 15.5 Å². The normalized spacial score (nSPS) is 9.60. The van der Waals surface area contributed by atoms with E-state index in [0.29, 0.717) is 10.2 Å². The second-order valence-corrected chi connectivity index (χ2v) is 3.81. The van der Waals surface area contributed by atoms with Crippen LogP contribution in [0.25, 0.3) is 0 Å². The van der Waals surface area contributed by atoms with E-state index in [1.165, 1.54) is 0 Å². The molecule has 0 unspecified atom stereocenters. The highest BCUT2D eigenvalue weighted by atomic mass is 79.9. The molecule has 4 nitrogen and oxygen atoms in total. The Labute approximate surface area is 96.6 Å². The van der Waals surface area contributed by atoms with Crippen LogP contribution >= 0.6 is 15.9 Å². The zero-order chi connectivity index (χ0) is 11.1. The number of anilines is 1. The van der Waals surface area contributed by atoms with E-state index in [-0.39, 0.29) is 5.56 Å². The summed E-state index contributed by atoms with van der Waals surface area (Å²) in [6, 6.07) is 0. The van der Waals surface area contributed by atoms with E-state index in [9.17, 15) is 4.79 Å². The van der Waals surface area contributed by atoms with Gasteiger partial charge in [0.2, 0.25) is 0 Å². The van der Waals surface area contributed by atoms with E-state index in [0.717, 1.165) is 25.8 Å². The second kappa shape index (κ2) is 6.25. The number of unbranched alkanes of at least 4 members (excludes halogenated alkanes) is 2. The van der Waals surface area contributed by atoms with Crippen molar-refractivity contribution in [2.24, 2.45) is 0 Å². The monoisotopic (exact) mass is 269 g/mol. The molecule has 5 heteroatoms. The van der Waals surface area contributed by atoms with E-state index in [1.807, 2.05) is 0 Å². The molecule has 0 amide bonds. The van der Waals surface area contributed by atoms with Gasteiger partial charge in [0.15, 0.2) is 0 Å². The minimum atomic E-state index is -0.233. The number of H-pyrrole nitrogens is 1. The van der Waals surface area contributed by atoms with Crippen molar-refractivity contribution in [1.82, 2.24) is 10.2 Å². The van der Waals surface area contributed by atoms with Crippen LogP contribution in [0.2, 0.25) is 0 Å². The van der Waals surface area contributed by atoms with Crippen molar-refractivity contribution in [2.75, 3.05) is 11.9 Å². The van der Waals surface area contributed by atoms with Crippen LogP contribution < -0.4 is 10.9 Å². The van der Waals surface area contributed by atoms with Gasteiger partial charge in [0.25, 0.3) is 5.56 Å². The Hall–Kier alpha value is -1.28. The molecule has 2 N–H and O–H groups in total. The van der Waals surface area contributed by atoms with Crippen molar-refractivity contribution in [3.63, 3.8) is 0 Å². The molecule has 0 radical (unpaired) electrons. The quantitative estimate of drug-likeness (QED) is 0.633. The number of terminal acetylenes is 1. The summed E-state index contributed by atoms with van der Waals surface area (Å²) in [6.07, 6.45) is 9.46. The smallest absolute Gasteiger partial charge is 0.280 e. The van der Waals surface area contributed by atoms with Crippen molar-refractivity contribution in [2.45, 2.75) is 19.3 Å². The highest BCUT2D eigenvalue weighted by molar-refractivity contribution is 9.10. The van der Waals surface area contributed by atoms with Crippen molar-refractivity contribution in [1.29, 1.82) is 0 Å². The first-order valence-corrected chi connectivity index (χ1v) is 5.45. The summed E-state index contributed by atoms with van der Waals surface area (Å²) in [7, 11) is 0. The molecule has 15 heavy (non-hydrogen) atoms. The fourth-order valence-electron chi connectivity index (χ4n) is 1.08. The first kappa shape index (κ1) is 11.8. The standard InChI is InChI=1S/C10H12BrN3O/c1-2-3-4-5-6-12-8-7-13-14-10(15)9(8)11/h1,7H,3-6H2,(H2,12,14,15). The zero-order valence-electron chi connectivity index (χ0n) is 8.22. The van der Waals surface area contributed by atoms with Gasteiger partial charge in [-0.3, -0.25) is 4.79 Å². The largest absolute Gasteiger partial charge is 0.383 e. The Kier molecular flexibility index (Phi) is 4.91. The predicted molar refractivity (Wildman–Crippen MR) is 63.7 cm³/mol. The molecule has 0 aliphatic heterocycles. The molecule has 0 aromatic carbocycles. The maximum Gasteiger partial charge on any atom is 0.280 e. The summed E-state index contributed by atoms with van der Waals surface area (Å²) in [4.78, 5) is 11.1. The van der Waals surface area contributed by atoms with Crippen LogP contribution in [0.1, 0.15) is 19.3 Å². The van der Waals surface area contributed by atoms with Crippen LogP contribution in [0.3, 0.4) is 0 Å². The van der Waals surface area contributed by atoms with Crippen LogP contribution in [-0.2, 0) is 0 Å². The van der Waals surface area contributed by atoms with Gasteiger partial charge in [-0.2, -0.15) is 5.10 Å². The van der Waals surface area contributed by atoms with Crippen molar-refractivity contribution < 1.29 is 0 Å². The predicted octanol–water partition coefficient (Wildman–Crippen LogP) is 1.75. The van der Waals surface area contributed by atoms with Gasteiger partial charge in [-0.05, 0) is 28.8 Å². The summed E-state index contributed by atoms with van der Waals surface area (Å²) in [5.41, 5.74) is 0.475. The number of aromatic amines is 1. The summed E-state index contributed by atoms with van der Waals surface area (Å²) >= 11 is 3.18. The van der Waals surface area contributed by atoms with Gasteiger partial charge in [-0.1, -0.05) is 0 Å². The number of halogens is 1. The van der Waals surface area contributed by atoms with Gasteiger partial charge in [0.1, 0.15) is 4.47 Å². The third kappa shape index (κ3) is 3.76. The summed E-state index contributed by atoms with van der Waals surface area (Å²) in [5.74, 6) is 2.58. The number of nitrogens with one attached hydrogen (secondary N) is 2. The third-order valence-electron chi connectivity index (χ3n) is 1.86. The van der Waals surface area contributed by atoms with E-state index in [2.05, 4.69) is 37.4 Å². The SMILES string of the molecule is C#CCCCCNc1cn[nH]c(=O)c1Br. The molecule has 1 aromatic rings. The van der Waals surface area contributed by atoms with Gasteiger partial charge >= 0.3 is 0 Å². The molecule has 1 heterocycles. The van der Waals surface area contributed by atoms with Crippen LogP contribution in [0.4, 0.5) is 5.69 Å². The Morgan fingerprint density at radius 3 is 3.13 bits per heavy atom. The fraction of sp³-hybridized carbons (Fsp3) is 0.400. The first-order valence-electron chi connectivity index (χ1n) is 4.66. The molecular weight excluding hydrogens is 258 g/mol. The number of nitrogens with zero attached hydrogens (tertiary/aromatic N) is 1. The molecule has 80 valence electrons. The molecule has 1 aromatic heterocycles. The molecule has 1 rings (SSSR count). The molecule has 0 aliphatic carbocycles. The highest BCUT2D eigenvalue weighted by Gasteiger charge is 2.02. The maximum absolute atomic E-state index is 11.1. The molecule has 0 fully saturated rings. The van der Waals surface area contributed by atoms with Gasteiger partial charge < -0.3 is 5.32 Å². The summed E-state index contributed by atoms with van der Waals surface area (Å²) in [6.45, 7) is 0.783. The van der Waals surface area contributed by atoms with Crippen molar-refractivity contribution in [3.05, 3.63) is 21.0 Å². The minimum absolute atomic E-state index is 0.233. The van der Waals surface area contributed by atoms with Gasteiger partial charge in [-0.15, -0.1) is 12.3 Å². The van der Waals surface area contributed by atoms with Gasteiger partial charge in [0, 0.05) is 13.0 Å². The first-order chi connectivity index (χ1) is 7.25. The molecule has 0 spiro atoms. The van der Waals surface area contributed by atoms with Crippen LogP contribution in [0.5, 0.6) is 0 Å². The highest BCUT2D eigenvalue weighted by Crippen LogP contribution is 2.15. The Bertz CT molecular complexity index is 408. The third-order valence-corrected chi connectivity index (χ3v) is 2.65. The van der Waals surface area contributed by atoms with Crippen molar-refractivity contribution in [3.8, 4) is 12.3 Å². The lowest BCUT2D eigenvalue weighted by molar-refractivity contribution is 0.788. The average Bonchev–Trinajstić information content (AvgIpc) is 2.24. The lowest BCUT2D eigenvalue weighted by Gasteiger charge is -2.05. The van der Waals surface area contributed by atoms with Crippen LogP contribution in [0, 0.1) is 12.3 Å². The number of hydrogen-bond acceptors (Lipinski definition) is 3. The maximum atomic E-state index is 11.1. The Morgan fingerprint density at radius 1 is 1.60 bits per heavy atom. The summed E-state index contributed by atoms with van der Waals surface area (Å²) in [5, 5.41) is 9.14. The van der Waals surface area contributed by atoms with Crippen LogP contribution in [-0.4, -0.2) is 16.7 Å². The Balaban J connectivity index is 2.42. The topological polar surface area (TPSA) is 57.8 Å². The molecule has 0 saturated heterocycles. The van der Waals surface area contributed by atoms with Gasteiger partial charge in [-0.25, -0.2) is 5.10 Å². The molecule has 0 atom stereocenters. The molecule has 0 saturated carbocycles. The molecule has 0 bridgehead atoms. The summed E-state index contributed by atoms with van der Waals surface area (Å²) < 4.78 is 0.481. The van der Waals surface area contributed by atoms with E-state index >= 15 is 0 Å². The fourth-order valence-corrected chi connectivity index (χ4v) is 1.41. The number of aromatic nitrogens is 2. The minimum Gasteiger partial charge on any atom is -0.383 e. The number of rotatable bonds is 5. The van der Waals surface area contributed by atoms with Crippen molar-refractivity contribution >= 4 is 21.6 Å². The molecular formula is C10H12BrN3O. The van der Waals surface area contributed by atoms with E-state index < -0.39 is 0 Å². The second-order valence-electron chi connectivity index (χ2n) is 3.01. The average molecular weight is 270 g/mol. The van der Waals surface area contributed by atoms with Gasteiger partial charge in [0.05, 0.1) is 11.9 Å². The lowest BCUT2D eigenvalue weighted by Crippen LogP contribution is -2.12. The zero-order valence-corrected chi connectivity index (χ0v) is 9.80. The molecule has 0 aliphatic rings. The number of hydrogen-bond donors (Lipinski definition) is 2. The lowest BCUT2D eigenvalue weighted by atomic mass is 10.2. The van der Waals surface area contributed by atoms with E-state index in [4.69, 9.17) is 6.42 Å².